The van der Waals surface area contributed by atoms with Crippen LogP contribution in [-0.2, 0) is 0 Å². The van der Waals surface area contributed by atoms with Crippen LogP contribution >= 0.6 is 0 Å². The fourth-order valence-corrected chi connectivity index (χ4v) is 2.65. The van der Waals surface area contributed by atoms with Crippen molar-refractivity contribution in [3.8, 4) is 0 Å². The third kappa shape index (κ3) is 1.76. The van der Waals surface area contributed by atoms with E-state index in [9.17, 15) is 0 Å². The molecule has 78 valence electrons. The highest BCUT2D eigenvalue weighted by molar-refractivity contribution is 5.51. The van der Waals surface area contributed by atoms with Gasteiger partial charge in [-0.3, -0.25) is 4.98 Å². The highest BCUT2D eigenvalue weighted by Gasteiger charge is 2.28. The molecule has 4 rings (SSSR count). The molecule has 0 saturated carbocycles. The summed E-state index contributed by atoms with van der Waals surface area (Å²) in [5, 5.41) is 0. The van der Waals surface area contributed by atoms with Gasteiger partial charge in [-0.2, -0.15) is 0 Å². The van der Waals surface area contributed by atoms with Crippen LogP contribution < -0.4 is 0 Å². The Balaban J connectivity index is 1.85. The summed E-state index contributed by atoms with van der Waals surface area (Å²) in [5.74, 6) is 0.943. The van der Waals surface area contributed by atoms with Crippen LogP contribution in [0.5, 0.6) is 0 Å². The third-order valence-electron chi connectivity index (χ3n) is 3.54. The maximum absolute atomic E-state index is 4.15. The van der Waals surface area contributed by atoms with Gasteiger partial charge in [-0.1, -0.05) is 6.07 Å². The molecule has 3 fully saturated rings. The summed E-state index contributed by atoms with van der Waals surface area (Å²) in [6, 6.07) is 4.13. The number of aromatic nitrogens is 1. The van der Waals surface area contributed by atoms with E-state index in [1.807, 2.05) is 18.5 Å². The Hall–Kier alpha value is -1.31. The predicted octanol–water partition coefficient (Wildman–Crippen LogP) is 2.54. The zero-order chi connectivity index (χ0) is 10.1. The first-order valence-electron chi connectivity index (χ1n) is 5.77. The van der Waals surface area contributed by atoms with E-state index in [0.717, 1.165) is 5.92 Å². The zero-order valence-corrected chi connectivity index (χ0v) is 8.89. The lowest BCUT2D eigenvalue weighted by Crippen LogP contribution is -2.39. The molecule has 2 heteroatoms. The molecule has 3 aliphatic heterocycles. The molecule has 0 atom stereocenters. The highest BCUT2D eigenvalue weighted by atomic mass is 15.2. The molecule has 2 nitrogen and oxygen atoms in total. The first-order chi connectivity index (χ1) is 7.42. The topological polar surface area (TPSA) is 16.1 Å². The molecule has 0 aliphatic carbocycles. The van der Waals surface area contributed by atoms with Crippen molar-refractivity contribution in [2.24, 2.45) is 5.92 Å². The van der Waals surface area contributed by atoms with Crippen molar-refractivity contribution in [3.63, 3.8) is 0 Å². The Morgan fingerprint density at radius 1 is 1.33 bits per heavy atom. The van der Waals surface area contributed by atoms with Crippen LogP contribution in [0.15, 0.2) is 30.2 Å². The fourth-order valence-electron chi connectivity index (χ4n) is 2.65. The lowest BCUT2D eigenvalue weighted by Gasteiger charge is -2.42. The van der Waals surface area contributed by atoms with Gasteiger partial charge in [0, 0.05) is 31.2 Å². The number of allylic oxidation sites excluding steroid dienone is 1. The van der Waals surface area contributed by atoms with Crippen LogP contribution in [0, 0.1) is 5.92 Å². The Morgan fingerprint density at radius 3 is 2.80 bits per heavy atom. The van der Waals surface area contributed by atoms with E-state index in [2.05, 4.69) is 22.0 Å². The predicted molar refractivity (Wildman–Crippen MR) is 61.1 cm³/mol. The van der Waals surface area contributed by atoms with Crippen molar-refractivity contribution in [1.29, 1.82) is 0 Å². The van der Waals surface area contributed by atoms with E-state index in [1.165, 1.54) is 43.6 Å². The molecule has 0 amide bonds. The molecule has 0 spiro atoms. The molecule has 1 aromatic heterocycles. The lowest BCUT2D eigenvalue weighted by atomic mass is 9.85. The summed E-state index contributed by atoms with van der Waals surface area (Å²) in [6.45, 7) is 2.52. The fraction of sp³-hybridized carbons (Fsp3) is 0.462. The van der Waals surface area contributed by atoms with Crippen molar-refractivity contribution in [2.45, 2.75) is 19.3 Å². The summed E-state index contributed by atoms with van der Waals surface area (Å²) >= 11 is 0. The number of rotatable bonds is 1. The van der Waals surface area contributed by atoms with Gasteiger partial charge in [-0.15, -0.1) is 0 Å². The highest BCUT2D eigenvalue weighted by Crippen LogP contribution is 2.34. The lowest BCUT2D eigenvalue weighted by molar-refractivity contribution is 0.163. The molecular weight excluding hydrogens is 184 g/mol. The number of nitrogens with zero attached hydrogens (tertiary/aromatic N) is 2. The van der Waals surface area contributed by atoms with Crippen molar-refractivity contribution >= 4 is 6.08 Å². The molecule has 0 N–H and O–H groups in total. The van der Waals surface area contributed by atoms with Crippen molar-refractivity contribution < 1.29 is 0 Å². The van der Waals surface area contributed by atoms with Gasteiger partial charge in [0.2, 0.25) is 0 Å². The SMILES string of the molecule is C(=C1\CC2CCN1CC2)/c1cccnc1. The third-order valence-corrected chi connectivity index (χ3v) is 3.54. The number of pyridine rings is 1. The molecule has 0 unspecified atom stereocenters. The smallest absolute Gasteiger partial charge is 0.0340 e. The van der Waals surface area contributed by atoms with Crippen LogP contribution in [0.2, 0.25) is 0 Å². The van der Waals surface area contributed by atoms with E-state index in [4.69, 9.17) is 0 Å². The van der Waals surface area contributed by atoms with E-state index in [1.54, 1.807) is 0 Å². The largest absolute Gasteiger partial charge is 0.375 e. The van der Waals surface area contributed by atoms with Gasteiger partial charge in [0.05, 0.1) is 0 Å². The Bertz CT molecular complexity index is 361. The second-order valence-corrected chi connectivity index (χ2v) is 4.56. The van der Waals surface area contributed by atoms with Crippen LogP contribution in [0.3, 0.4) is 0 Å². The first kappa shape index (κ1) is 8.96. The van der Waals surface area contributed by atoms with Gasteiger partial charge in [0.15, 0.2) is 0 Å². The summed E-state index contributed by atoms with van der Waals surface area (Å²) in [7, 11) is 0. The number of hydrogen-bond donors (Lipinski definition) is 0. The van der Waals surface area contributed by atoms with Gasteiger partial charge in [-0.25, -0.2) is 0 Å². The molecule has 0 aromatic carbocycles. The maximum Gasteiger partial charge on any atom is 0.0340 e. The summed E-state index contributed by atoms with van der Waals surface area (Å²) in [5.41, 5.74) is 2.76. The minimum Gasteiger partial charge on any atom is -0.375 e. The molecular formula is C13H16N2. The first-order valence-corrected chi connectivity index (χ1v) is 5.77. The normalized spacial score (nSPS) is 23.7. The molecule has 3 aliphatic rings. The zero-order valence-electron chi connectivity index (χ0n) is 8.89. The van der Waals surface area contributed by atoms with Crippen LogP contribution in [0.25, 0.3) is 6.08 Å². The summed E-state index contributed by atoms with van der Waals surface area (Å²) in [4.78, 5) is 6.68. The van der Waals surface area contributed by atoms with E-state index in [0.29, 0.717) is 0 Å². The number of hydrogen-bond acceptors (Lipinski definition) is 2. The molecule has 0 radical (unpaired) electrons. The van der Waals surface area contributed by atoms with Gasteiger partial charge in [-0.05, 0) is 42.9 Å². The number of fused-ring (bicyclic) bond motifs is 3. The standard InChI is InChI=1S/C13H16N2/c1-2-12(10-14-5-1)9-13-8-11-3-6-15(13)7-4-11/h1-2,5,9-11H,3-4,6-8H2/b13-9-. The van der Waals surface area contributed by atoms with E-state index in [-0.39, 0.29) is 0 Å². The van der Waals surface area contributed by atoms with Gasteiger partial charge in [0.25, 0.3) is 0 Å². The molecule has 1 aromatic rings. The van der Waals surface area contributed by atoms with Gasteiger partial charge >= 0.3 is 0 Å². The Labute approximate surface area is 90.6 Å². The van der Waals surface area contributed by atoms with Gasteiger partial charge < -0.3 is 4.90 Å². The van der Waals surface area contributed by atoms with Crippen molar-refractivity contribution in [2.75, 3.05) is 13.1 Å². The average molecular weight is 200 g/mol. The summed E-state index contributed by atoms with van der Waals surface area (Å²) in [6.07, 6.45) is 10.1. The van der Waals surface area contributed by atoms with Crippen molar-refractivity contribution in [3.05, 3.63) is 35.8 Å². The Morgan fingerprint density at radius 2 is 2.20 bits per heavy atom. The second-order valence-electron chi connectivity index (χ2n) is 4.56. The minimum atomic E-state index is 0.943. The molecule has 4 heterocycles. The quantitative estimate of drug-likeness (QED) is 0.692. The van der Waals surface area contributed by atoms with E-state index >= 15 is 0 Å². The maximum atomic E-state index is 4.15. The van der Waals surface area contributed by atoms with Crippen LogP contribution in [0.4, 0.5) is 0 Å². The average Bonchev–Trinajstić information content (AvgIpc) is 2.32. The van der Waals surface area contributed by atoms with E-state index < -0.39 is 0 Å². The molecule has 3 saturated heterocycles. The Kier molecular flexibility index (Phi) is 2.20. The second kappa shape index (κ2) is 3.69. The van der Waals surface area contributed by atoms with Gasteiger partial charge in [0.1, 0.15) is 0 Å². The van der Waals surface area contributed by atoms with Crippen molar-refractivity contribution in [1.82, 2.24) is 9.88 Å². The molecule has 2 bridgehead atoms. The summed E-state index contributed by atoms with van der Waals surface area (Å²) < 4.78 is 0. The minimum absolute atomic E-state index is 0.943. The van der Waals surface area contributed by atoms with Crippen LogP contribution in [0.1, 0.15) is 24.8 Å². The van der Waals surface area contributed by atoms with Crippen LogP contribution in [-0.4, -0.2) is 23.0 Å². The monoisotopic (exact) mass is 200 g/mol. The number of piperidine rings is 3. The molecule has 15 heavy (non-hydrogen) atoms.